The minimum Gasteiger partial charge on any atom is -0.488 e. The molecule has 4 aromatic rings. The van der Waals surface area contributed by atoms with E-state index in [0.717, 1.165) is 17.8 Å². The van der Waals surface area contributed by atoms with Crippen LogP contribution in [0.1, 0.15) is 30.7 Å². The highest BCUT2D eigenvalue weighted by Gasteiger charge is 2.48. The van der Waals surface area contributed by atoms with E-state index in [2.05, 4.69) is 8.75 Å². The molecule has 0 saturated heterocycles. The maximum absolute atomic E-state index is 14.8. The fourth-order valence-electron chi connectivity index (χ4n) is 3.86. The molecular formula is C24H19FN2O5S. The monoisotopic (exact) mass is 466 g/mol. The molecule has 9 heteroatoms. The number of aliphatic hydroxyl groups is 1. The topological polar surface area (TPSA) is 94.7 Å². The van der Waals surface area contributed by atoms with Gasteiger partial charge in [0.2, 0.25) is 0 Å². The summed E-state index contributed by atoms with van der Waals surface area (Å²) < 4.78 is 39.6. The quantitative estimate of drug-likeness (QED) is 0.415. The molecule has 0 bridgehead atoms. The molecule has 2 aromatic carbocycles. The van der Waals surface area contributed by atoms with Gasteiger partial charge in [-0.2, -0.15) is 8.75 Å². The number of aromatic nitrogens is 2. The van der Waals surface area contributed by atoms with Crippen LogP contribution in [-0.4, -0.2) is 25.9 Å². The average molecular weight is 466 g/mol. The van der Waals surface area contributed by atoms with Crippen molar-refractivity contribution in [3.8, 4) is 5.75 Å². The predicted molar refractivity (Wildman–Crippen MR) is 119 cm³/mol. The minimum atomic E-state index is -2.19. The second-order valence-electron chi connectivity index (χ2n) is 7.92. The Morgan fingerprint density at radius 1 is 1.15 bits per heavy atom. The zero-order chi connectivity index (χ0) is 23.2. The number of hydrogen-bond donors (Lipinski definition) is 1. The van der Waals surface area contributed by atoms with Gasteiger partial charge in [0.25, 0.3) is 5.79 Å². The lowest BCUT2D eigenvalue weighted by atomic mass is 9.89. The van der Waals surface area contributed by atoms with Crippen LogP contribution in [0.3, 0.4) is 0 Å². The second kappa shape index (κ2) is 8.09. The molecule has 1 aliphatic heterocycles. The molecule has 0 fully saturated rings. The molecule has 2 aromatic heterocycles. The van der Waals surface area contributed by atoms with Crippen LogP contribution in [-0.2, 0) is 21.7 Å². The summed E-state index contributed by atoms with van der Waals surface area (Å²) in [5.74, 6) is -3.04. The lowest BCUT2D eigenvalue weighted by Crippen LogP contribution is -2.30. The Hall–Kier alpha value is -3.56. The van der Waals surface area contributed by atoms with Crippen molar-refractivity contribution in [3.05, 3.63) is 83.1 Å². The molecule has 168 valence electrons. The van der Waals surface area contributed by atoms with E-state index in [1.807, 2.05) is 0 Å². The highest BCUT2D eigenvalue weighted by atomic mass is 32.1. The first-order chi connectivity index (χ1) is 15.8. The van der Waals surface area contributed by atoms with Gasteiger partial charge in [0, 0.05) is 17.6 Å². The normalized spacial score (nSPS) is 18.4. The zero-order valence-corrected chi connectivity index (χ0v) is 18.6. The third-order valence-corrected chi connectivity index (χ3v) is 5.87. The van der Waals surface area contributed by atoms with Crippen LogP contribution in [0, 0.1) is 5.82 Å². The van der Waals surface area contributed by atoms with Crippen molar-refractivity contribution < 1.29 is 28.2 Å². The first-order valence-electron chi connectivity index (χ1n) is 10.3. The van der Waals surface area contributed by atoms with Gasteiger partial charge in [0.1, 0.15) is 16.8 Å². The summed E-state index contributed by atoms with van der Waals surface area (Å²) in [5, 5.41) is 11.6. The van der Waals surface area contributed by atoms with E-state index < -0.39 is 17.6 Å². The number of nitrogens with zero attached hydrogens (tertiary/aromatic N) is 2. The number of esters is 1. The fraction of sp³-hybridized carbons (Fsp3) is 0.208. The summed E-state index contributed by atoms with van der Waals surface area (Å²) in [7, 11) is 0. The SMILES string of the molecule is CC(C)Oc1ccc(C2(O)OC(=O)C(c3ccc4nsnc4c3)=C2Cc2ccco2)cc1F. The lowest BCUT2D eigenvalue weighted by Gasteiger charge is -2.25. The van der Waals surface area contributed by atoms with Crippen molar-refractivity contribution in [2.24, 2.45) is 0 Å². The van der Waals surface area contributed by atoms with E-state index in [0.29, 0.717) is 22.4 Å². The summed E-state index contributed by atoms with van der Waals surface area (Å²) >= 11 is 1.06. The van der Waals surface area contributed by atoms with Crippen LogP contribution in [0.5, 0.6) is 5.75 Å². The summed E-state index contributed by atoms with van der Waals surface area (Å²) in [6, 6.07) is 12.6. The Balaban J connectivity index is 1.66. The number of furan rings is 1. The number of ether oxygens (including phenoxy) is 2. The molecule has 0 radical (unpaired) electrons. The first kappa shape index (κ1) is 21.3. The average Bonchev–Trinajstić information content (AvgIpc) is 3.50. The highest BCUT2D eigenvalue weighted by Crippen LogP contribution is 2.45. The van der Waals surface area contributed by atoms with Gasteiger partial charge in [-0.15, -0.1) is 0 Å². The van der Waals surface area contributed by atoms with E-state index in [1.54, 1.807) is 44.2 Å². The number of cyclic esters (lactones) is 1. The number of fused-ring (bicyclic) bond motifs is 1. The number of halogens is 1. The summed E-state index contributed by atoms with van der Waals surface area (Å²) in [6.45, 7) is 3.57. The van der Waals surface area contributed by atoms with E-state index >= 15 is 0 Å². The van der Waals surface area contributed by atoms with Crippen molar-refractivity contribution in [3.63, 3.8) is 0 Å². The van der Waals surface area contributed by atoms with Crippen molar-refractivity contribution in [1.82, 2.24) is 8.75 Å². The van der Waals surface area contributed by atoms with Gasteiger partial charge in [-0.25, -0.2) is 9.18 Å². The third-order valence-electron chi connectivity index (χ3n) is 5.31. The molecule has 3 heterocycles. The molecule has 5 rings (SSSR count). The van der Waals surface area contributed by atoms with Crippen molar-refractivity contribution in [2.75, 3.05) is 0 Å². The van der Waals surface area contributed by atoms with Gasteiger partial charge in [-0.1, -0.05) is 6.07 Å². The molecule has 1 unspecified atom stereocenters. The first-order valence-corrected chi connectivity index (χ1v) is 11.0. The van der Waals surface area contributed by atoms with Gasteiger partial charge in [0.15, 0.2) is 11.6 Å². The molecule has 1 N–H and O–H groups in total. The summed E-state index contributed by atoms with van der Waals surface area (Å²) in [6.07, 6.45) is 1.34. The van der Waals surface area contributed by atoms with Crippen molar-refractivity contribution in [1.29, 1.82) is 0 Å². The van der Waals surface area contributed by atoms with Gasteiger partial charge in [-0.3, -0.25) is 0 Å². The van der Waals surface area contributed by atoms with Crippen LogP contribution in [0.4, 0.5) is 4.39 Å². The Morgan fingerprint density at radius 2 is 1.97 bits per heavy atom. The van der Waals surface area contributed by atoms with E-state index in [4.69, 9.17) is 13.9 Å². The molecule has 1 aliphatic rings. The van der Waals surface area contributed by atoms with Crippen LogP contribution >= 0.6 is 11.7 Å². The summed E-state index contributed by atoms with van der Waals surface area (Å²) in [5.41, 5.74) is 2.30. The highest BCUT2D eigenvalue weighted by molar-refractivity contribution is 7.00. The maximum Gasteiger partial charge on any atom is 0.342 e. The third kappa shape index (κ3) is 3.79. The molecule has 1 atom stereocenters. The smallest absolute Gasteiger partial charge is 0.342 e. The molecule has 33 heavy (non-hydrogen) atoms. The van der Waals surface area contributed by atoms with Gasteiger partial charge < -0.3 is 19.0 Å². The van der Waals surface area contributed by atoms with Gasteiger partial charge in [-0.05, 0) is 61.9 Å². The number of carbonyl (C=O) groups excluding carboxylic acids is 1. The van der Waals surface area contributed by atoms with Crippen molar-refractivity contribution >= 4 is 34.3 Å². The number of hydrogen-bond acceptors (Lipinski definition) is 8. The number of carbonyl (C=O) groups is 1. The van der Waals surface area contributed by atoms with Crippen LogP contribution < -0.4 is 4.74 Å². The molecule has 0 aliphatic carbocycles. The van der Waals surface area contributed by atoms with E-state index in [1.165, 1.54) is 18.4 Å². The second-order valence-corrected chi connectivity index (χ2v) is 8.45. The van der Waals surface area contributed by atoms with E-state index in [-0.39, 0.29) is 35.0 Å². The fourth-order valence-corrected chi connectivity index (χ4v) is 4.38. The van der Waals surface area contributed by atoms with Gasteiger partial charge in [0.05, 0.1) is 29.7 Å². The molecule has 0 amide bonds. The lowest BCUT2D eigenvalue weighted by molar-refractivity contribution is -0.185. The van der Waals surface area contributed by atoms with E-state index in [9.17, 15) is 14.3 Å². The zero-order valence-electron chi connectivity index (χ0n) is 17.7. The largest absolute Gasteiger partial charge is 0.488 e. The predicted octanol–water partition coefficient (Wildman–Crippen LogP) is 4.61. The molecule has 0 saturated carbocycles. The Bertz CT molecular complexity index is 1380. The van der Waals surface area contributed by atoms with Crippen LogP contribution in [0.15, 0.2) is 64.8 Å². The number of benzene rings is 2. The van der Waals surface area contributed by atoms with Crippen LogP contribution in [0.25, 0.3) is 16.6 Å². The van der Waals surface area contributed by atoms with Gasteiger partial charge >= 0.3 is 5.97 Å². The maximum atomic E-state index is 14.8. The minimum absolute atomic E-state index is 0.0416. The Kier molecular flexibility index (Phi) is 5.22. The van der Waals surface area contributed by atoms with Crippen molar-refractivity contribution in [2.45, 2.75) is 32.2 Å². The standard InChI is InChI=1S/C24H19FN2O5S/c1-13(2)31-21-8-6-15(11-18(21)25)24(29)17(12-16-4-3-9-30-16)22(23(28)32-24)14-5-7-19-20(10-14)27-33-26-19/h3-11,13,29H,12H2,1-2H3. The molecular weight excluding hydrogens is 447 g/mol. The Morgan fingerprint density at radius 3 is 2.70 bits per heavy atom. The Labute approximate surface area is 192 Å². The summed E-state index contributed by atoms with van der Waals surface area (Å²) in [4.78, 5) is 13.1. The molecule has 7 nitrogen and oxygen atoms in total. The molecule has 0 spiro atoms. The van der Waals surface area contributed by atoms with Crippen LogP contribution in [0.2, 0.25) is 0 Å². The number of rotatable bonds is 6.